The van der Waals surface area contributed by atoms with E-state index in [1.165, 1.54) is 38.9 Å². The zero-order valence-electron chi connectivity index (χ0n) is 27.5. The van der Waals surface area contributed by atoms with Crippen molar-refractivity contribution in [3.05, 3.63) is 40.6 Å². The number of ether oxygens (including phenoxy) is 3. The lowest BCUT2D eigenvalue weighted by molar-refractivity contribution is -0.280. The number of H-pyrrole nitrogens is 1. The molecule has 9 rings (SSSR count). The zero-order valence-corrected chi connectivity index (χ0v) is 27.5. The Balaban J connectivity index is 1.14. The highest BCUT2D eigenvalue weighted by atomic mass is 16.7. The SMILES string of the molecule is CC1(C)C=C2c3cc4[nH]c5c(c4cc3CC2C(C)(C)O1)CC1CC[C@@]2(O)C34O[C@H]3[C@H](O)C(C(C)(C)O)OC4CC[C@]2(C)[C@@]51C. The minimum Gasteiger partial charge on any atom is -0.388 e. The Kier molecular flexibility index (Phi) is 5.09. The van der Waals surface area contributed by atoms with E-state index < -0.39 is 40.5 Å². The number of hydrogen-bond acceptors (Lipinski definition) is 6. The Morgan fingerprint density at radius 3 is 2.48 bits per heavy atom. The second-order valence-corrected chi connectivity index (χ2v) is 17.6. The number of epoxide rings is 1. The van der Waals surface area contributed by atoms with Crippen LogP contribution in [0.2, 0.25) is 0 Å². The fraction of sp³-hybridized carbons (Fsp3) is 0.730. The van der Waals surface area contributed by atoms with Gasteiger partial charge >= 0.3 is 0 Å². The number of benzene rings is 1. The molecule has 4 N–H and O–H groups in total. The van der Waals surface area contributed by atoms with Gasteiger partial charge in [0.25, 0.3) is 0 Å². The van der Waals surface area contributed by atoms with Crippen LogP contribution in [0.4, 0.5) is 0 Å². The van der Waals surface area contributed by atoms with Crippen LogP contribution in [0.5, 0.6) is 0 Å². The first-order valence-corrected chi connectivity index (χ1v) is 17.0. The molecule has 10 atom stereocenters. The molecule has 4 fully saturated rings. The first-order chi connectivity index (χ1) is 20.4. The minimum absolute atomic E-state index is 0.228. The molecule has 0 bridgehead atoms. The van der Waals surface area contributed by atoms with Crippen LogP contribution in [0.25, 0.3) is 16.5 Å². The number of aromatic nitrogens is 1. The second-order valence-electron chi connectivity index (χ2n) is 17.6. The highest BCUT2D eigenvalue weighted by Gasteiger charge is 2.86. The summed E-state index contributed by atoms with van der Waals surface area (Å²) >= 11 is 0. The smallest absolute Gasteiger partial charge is 0.152 e. The summed E-state index contributed by atoms with van der Waals surface area (Å²) in [7, 11) is 0. The third-order valence-corrected chi connectivity index (χ3v) is 14.2. The number of nitrogens with one attached hydrogen (secondary N) is 1. The summed E-state index contributed by atoms with van der Waals surface area (Å²) in [5.74, 6) is 0.762. The molecule has 4 aliphatic carbocycles. The Morgan fingerprint density at radius 2 is 1.75 bits per heavy atom. The van der Waals surface area contributed by atoms with E-state index >= 15 is 0 Å². The fourth-order valence-electron chi connectivity index (χ4n) is 12.0. The maximum atomic E-state index is 13.0. The Labute approximate surface area is 260 Å². The van der Waals surface area contributed by atoms with E-state index in [0.717, 1.165) is 32.1 Å². The van der Waals surface area contributed by atoms with Crippen molar-refractivity contribution in [1.29, 1.82) is 0 Å². The topological polar surface area (TPSA) is 107 Å². The molecule has 4 heterocycles. The molecular weight excluding hydrogens is 554 g/mol. The van der Waals surface area contributed by atoms with E-state index in [1.54, 1.807) is 13.8 Å². The van der Waals surface area contributed by atoms with Gasteiger partial charge in [-0.1, -0.05) is 13.8 Å². The summed E-state index contributed by atoms with van der Waals surface area (Å²) in [6.07, 6.45) is 4.74. The quantitative estimate of drug-likeness (QED) is 0.338. The summed E-state index contributed by atoms with van der Waals surface area (Å²) in [6, 6.07) is 4.84. The Hall–Kier alpha value is -1.74. The Bertz CT molecular complexity index is 1660. The van der Waals surface area contributed by atoms with Gasteiger partial charge < -0.3 is 34.5 Å². The lowest BCUT2D eigenvalue weighted by Gasteiger charge is -2.66. The molecule has 0 amide bonds. The van der Waals surface area contributed by atoms with Gasteiger partial charge in [-0.2, -0.15) is 0 Å². The van der Waals surface area contributed by atoms with Crippen molar-refractivity contribution >= 4 is 16.5 Å². The molecule has 238 valence electrons. The van der Waals surface area contributed by atoms with Crippen LogP contribution in [0.15, 0.2) is 18.2 Å². The number of aliphatic hydroxyl groups is 3. The average Bonchev–Trinajstić information content (AvgIpc) is 3.33. The van der Waals surface area contributed by atoms with Gasteiger partial charge in [0.05, 0.1) is 22.9 Å². The van der Waals surface area contributed by atoms with Gasteiger partial charge in [-0.15, -0.1) is 0 Å². The molecule has 7 heteroatoms. The molecule has 1 aromatic heterocycles. The van der Waals surface area contributed by atoms with Crippen molar-refractivity contribution in [2.24, 2.45) is 17.3 Å². The molecule has 2 saturated carbocycles. The van der Waals surface area contributed by atoms with Crippen molar-refractivity contribution in [3.8, 4) is 0 Å². The van der Waals surface area contributed by atoms with Crippen LogP contribution in [0.3, 0.4) is 0 Å². The number of aliphatic hydroxyl groups excluding tert-OH is 1. The number of aromatic amines is 1. The van der Waals surface area contributed by atoms with Gasteiger partial charge in [-0.3, -0.25) is 0 Å². The van der Waals surface area contributed by atoms with Crippen molar-refractivity contribution in [2.75, 3.05) is 0 Å². The molecule has 0 radical (unpaired) electrons. The molecule has 7 nitrogen and oxygen atoms in total. The summed E-state index contributed by atoms with van der Waals surface area (Å²) in [5, 5.41) is 36.5. The van der Waals surface area contributed by atoms with E-state index in [9.17, 15) is 15.3 Å². The van der Waals surface area contributed by atoms with Crippen molar-refractivity contribution in [1.82, 2.24) is 4.98 Å². The maximum absolute atomic E-state index is 13.0. The van der Waals surface area contributed by atoms with Gasteiger partial charge in [-0.05, 0) is 126 Å². The molecule has 5 unspecified atom stereocenters. The second kappa shape index (κ2) is 7.86. The van der Waals surface area contributed by atoms with E-state index in [0.29, 0.717) is 18.3 Å². The number of rotatable bonds is 1. The fourth-order valence-corrected chi connectivity index (χ4v) is 12.0. The standard InChI is InChI=1S/C37H49NO6/c1-31(2)17-23-20-16-25-21(13-18(20)14-24(23)33(5,6)44-31)22-15-19-9-12-36(41)34(7,35(19,8)28(22)38-25)11-10-26-37(36)30(43-37)27(39)29(42-26)32(3,4)40/h13,16-17,19,24,26-27,29-30,38-41H,9-12,14-15H2,1-8H3/t19?,24?,26?,27-,29?,30+,34-,35-,36+,37?/m1/s1. The lowest BCUT2D eigenvalue weighted by Crippen LogP contribution is -2.76. The largest absolute Gasteiger partial charge is 0.388 e. The van der Waals surface area contributed by atoms with E-state index in [4.69, 9.17) is 14.2 Å². The molecule has 3 aliphatic heterocycles. The van der Waals surface area contributed by atoms with Crippen molar-refractivity contribution in [2.45, 2.75) is 152 Å². The van der Waals surface area contributed by atoms with Gasteiger partial charge in [0, 0.05) is 33.3 Å². The van der Waals surface area contributed by atoms with Gasteiger partial charge in [0.1, 0.15) is 23.9 Å². The third kappa shape index (κ3) is 3.02. The number of fused-ring (bicyclic) bond motifs is 10. The molecule has 2 saturated heterocycles. The zero-order chi connectivity index (χ0) is 31.2. The number of hydrogen-bond donors (Lipinski definition) is 4. The lowest BCUT2D eigenvalue weighted by atomic mass is 9.40. The van der Waals surface area contributed by atoms with Crippen LogP contribution >= 0.6 is 0 Å². The summed E-state index contributed by atoms with van der Waals surface area (Å²) in [6.45, 7) is 16.8. The predicted octanol–water partition coefficient (Wildman–Crippen LogP) is 5.10. The van der Waals surface area contributed by atoms with E-state index in [2.05, 4.69) is 64.7 Å². The molecule has 2 aromatic rings. The minimum atomic E-state index is -1.21. The van der Waals surface area contributed by atoms with Gasteiger partial charge in [-0.25, -0.2) is 0 Å². The first-order valence-electron chi connectivity index (χ1n) is 17.0. The molecular formula is C37H49NO6. The van der Waals surface area contributed by atoms with Crippen LogP contribution in [-0.4, -0.2) is 72.7 Å². The van der Waals surface area contributed by atoms with Gasteiger partial charge in [0.15, 0.2) is 5.60 Å². The highest BCUT2D eigenvalue weighted by molar-refractivity contribution is 5.92. The maximum Gasteiger partial charge on any atom is 0.152 e. The normalized spacial score (nSPS) is 47.5. The van der Waals surface area contributed by atoms with Crippen LogP contribution in [-0.2, 0) is 32.5 Å². The van der Waals surface area contributed by atoms with Crippen molar-refractivity contribution in [3.63, 3.8) is 0 Å². The monoisotopic (exact) mass is 603 g/mol. The molecule has 1 aromatic carbocycles. The van der Waals surface area contributed by atoms with E-state index in [-0.39, 0.29) is 22.7 Å². The Morgan fingerprint density at radius 1 is 1.00 bits per heavy atom. The third-order valence-electron chi connectivity index (χ3n) is 14.2. The van der Waals surface area contributed by atoms with E-state index in [1.807, 2.05) is 0 Å². The van der Waals surface area contributed by atoms with Crippen LogP contribution in [0, 0.1) is 17.3 Å². The molecule has 1 spiro atoms. The van der Waals surface area contributed by atoms with Gasteiger partial charge in [0.2, 0.25) is 0 Å². The highest BCUT2D eigenvalue weighted by Crippen LogP contribution is 2.75. The van der Waals surface area contributed by atoms with Crippen molar-refractivity contribution < 1.29 is 29.5 Å². The predicted molar refractivity (Wildman–Crippen MR) is 167 cm³/mol. The summed E-state index contributed by atoms with van der Waals surface area (Å²) in [5.41, 5.74) is 3.41. The molecule has 44 heavy (non-hydrogen) atoms. The van der Waals surface area contributed by atoms with Crippen LogP contribution in [0.1, 0.15) is 103 Å². The van der Waals surface area contributed by atoms with Crippen LogP contribution < -0.4 is 0 Å². The molecule has 7 aliphatic rings. The summed E-state index contributed by atoms with van der Waals surface area (Å²) < 4.78 is 19.4. The summed E-state index contributed by atoms with van der Waals surface area (Å²) in [4.78, 5) is 3.97. The average molecular weight is 604 g/mol. The first kappa shape index (κ1) is 28.5.